The monoisotopic (exact) mass is 425 g/mol. The van der Waals surface area contributed by atoms with Crippen LogP contribution in [0.5, 0.6) is 11.5 Å². The van der Waals surface area contributed by atoms with Crippen LogP contribution in [-0.2, 0) is 17.6 Å². The van der Waals surface area contributed by atoms with Crippen molar-refractivity contribution >= 4 is 23.4 Å². The van der Waals surface area contributed by atoms with E-state index in [4.69, 9.17) is 14.5 Å². The Balaban J connectivity index is 1.61. The van der Waals surface area contributed by atoms with Crippen molar-refractivity contribution in [3.63, 3.8) is 0 Å². The van der Waals surface area contributed by atoms with E-state index >= 15 is 0 Å². The molecule has 1 aromatic heterocycles. The molecule has 1 aromatic carbocycles. The molecule has 1 N–H and O–H groups in total. The smallest absolute Gasteiger partial charge is 0.225 e. The molecule has 1 amide bonds. The van der Waals surface area contributed by atoms with Crippen LogP contribution in [0.2, 0.25) is 0 Å². The summed E-state index contributed by atoms with van der Waals surface area (Å²) in [6.45, 7) is 0. The molecule has 30 heavy (non-hydrogen) atoms. The Bertz CT molecular complexity index is 918. The van der Waals surface area contributed by atoms with E-state index < -0.39 is 0 Å². The van der Waals surface area contributed by atoms with Crippen molar-refractivity contribution < 1.29 is 14.3 Å². The van der Waals surface area contributed by atoms with Crippen molar-refractivity contribution in [2.24, 2.45) is 0 Å². The van der Waals surface area contributed by atoms with E-state index in [0.29, 0.717) is 34.9 Å². The summed E-state index contributed by atoms with van der Waals surface area (Å²) in [5.74, 6) is 1.67. The molecule has 0 unspecified atom stereocenters. The van der Waals surface area contributed by atoms with E-state index in [1.165, 1.54) is 30.2 Å². The third-order valence-electron chi connectivity index (χ3n) is 5.09. The van der Waals surface area contributed by atoms with E-state index in [1.807, 2.05) is 6.07 Å². The first-order chi connectivity index (χ1) is 14.6. The van der Waals surface area contributed by atoms with Gasteiger partial charge in [0.2, 0.25) is 5.91 Å². The van der Waals surface area contributed by atoms with Crippen molar-refractivity contribution in [2.75, 3.05) is 25.3 Å². The molecular formula is C23H27N3O3S. The van der Waals surface area contributed by atoms with Gasteiger partial charge in [0.1, 0.15) is 22.6 Å². The molecule has 0 saturated carbocycles. The third-order valence-corrected chi connectivity index (χ3v) is 6.08. The average molecular weight is 426 g/mol. The lowest BCUT2D eigenvalue weighted by Crippen LogP contribution is -2.12. The predicted molar refractivity (Wildman–Crippen MR) is 118 cm³/mol. The maximum Gasteiger partial charge on any atom is 0.225 e. The van der Waals surface area contributed by atoms with Crippen molar-refractivity contribution in [1.29, 1.82) is 5.26 Å². The molecule has 0 aliphatic heterocycles. The standard InChI is InChI=1S/C23H27N3O3S/c1-28-19-12-18(13-20(14-19)29-2)25-22(27)9-10-30-23-17(15-24)11-16-7-5-3-4-6-8-21(16)26-23/h11-14H,3-10H2,1-2H3,(H,25,27). The number of aromatic nitrogens is 1. The van der Waals surface area contributed by atoms with Crippen LogP contribution in [0.15, 0.2) is 29.3 Å². The molecule has 3 rings (SSSR count). The first kappa shape index (κ1) is 22.0. The second-order valence-corrected chi connectivity index (χ2v) is 8.30. The van der Waals surface area contributed by atoms with E-state index in [2.05, 4.69) is 11.4 Å². The van der Waals surface area contributed by atoms with Crippen LogP contribution in [0.3, 0.4) is 0 Å². The highest BCUT2D eigenvalue weighted by molar-refractivity contribution is 7.99. The number of nitrogens with zero attached hydrogens (tertiary/aromatic N) is 2. The number of nitrogens with one attached hydrogen (secondary N) is 1. The summed E-state index contributed by atoms with van der Waals surface area (Å²) in [6, 6.07) is 9.52. The minimum atomic E-state index is -0.109. The highest BCUT2D eigenvalue weighted by atomic mass is 32.2. The number of fused-ring (bicyclic) bond motifs is 1. The third kappa shape index (κ3) is 5.90. The zero-order valence-electron chi connectivity index (χ0n) is 17.5. The Morgan fingerprint density at radius 1 is 1.10 bits per heavy atom. The average Bonchev–Trinajstić information content (AvgIpc) is 2.74. The molecule has 1 heterocycles. The van der Waals surface area contributed by atoms with E-state index in [-0.39, 0.29) is 5.91 Å². The molecular weight excluding hydrogens is 398 g/mol. The Hall–Kier alpha value is -2.72. The van der Waals surface area contributed by atoms with Crippen LogP contribution in [-0.4, -0.2) is 30.9 Å². The number of rotatable bonds is 7. The SMILES string of the molecule is COc1cc(NC(=O)CCSc2nc3c(cc2C#N)CCCCCC3)cc(OC)c1. The molecule has 7 heteroatoms. The van der Waals surface area contributed by atoms with E-state index in [0.717, 1.165) is 36.4 Å². The molecule has 158 valence electrons. The fourth-order valence-electron chi connectivity index (χ4n) is 3.50. The number of anilines is 1. The Morgan fingerprint density at radius 2 is 1.80 bits per heavy atom. The van der Waals surface area contributed by atoms with Gasteiger partial charge in [0.15, 0.2) is 0 Å². The molecule has 0 fully saturated rings. The Labute approximate surface area is 182 Å². The van der Waals surface area contributed by atoms with Gasteiger partial charge in [-0.25, -0.2) is 4.98 Å². The topological polar surface area (TPSA) is 84.2 Å². The largest absolute Gasteiger partial charge is 0.497 e. The number of pyridine rings is 1. The minimum absolute atomic E-state index is 0.109. The minimum Gasteiger partial charge on any atom is -0.497 e. The van der Waals surface area contributed by atoms with Crippen LogP contribution < -0.4 is 14.8 Å². The van der Waals surface area contributed by atoms with Gasteiger partial charge in [-0.1, -0.05) is 12.8 Å². The van der Waals surface area contributed by atoms with Gasteiger partial charge in [0, 0.05) is 41.8 Å². The number of nitriles is 1. The maximum atomic E-state index is 12.4. The van der Waals surface area contributed by atoms with Crippen molar-refractivity contribution in [1.82, 2.24) is 4.98 Å². The summed E-state index contributed by atoms with van der Waals surface area (Å²) < 4.78 is 10.5. The lowest BCUT2D eigenvalue weighted by Gasteiger charge is -2.15. The van der Waals surface area contributed by atoms with Gasteiger partial charge in [-0.15, -0.1) is 11.8 Å². The van der Waals surface area contributed by atoms with Gasteiger partial charge in [-0.3, -0.25) is 4.79 Å². The number of thioether (sulfide) groups is 1. The van der Waals surface area contributed by atoms with Gasteiger partial charge in [-0.05, 0) is 37.3 Å². The number of carbonyl (C=O) groups is 1. The Kier molecular flexibility index (Phi) is 7.97. The summed E-state index contributed by atoms with van der Waals surface area (Å²) in [5, 5.41) is 13.1. The van der Waals surface area contributed by atoms with Gasteiger partial charge >= 0.3 is 0 Å². The molecule has 1 aliphatic rings. The second kappa shape index (κ2) is 10.9. The zero-order valence-corrected chi connectivity index (χ0v) is 18.3. The first-order valence-corrected chi connectivity index (χ1v) is 11.2. The fourth-order valence-corrected chi connectivity index (χ4v) is 4.42. The number of methoxy groups -OCH3 is 2. The highest BCUT2D eigenvalue weighted by Gasteiger charge is 2.15. The van der Waals surface area contributed by atoms with Crippen molar-refractivity contribution in [3.05, 3.63) is 41.1 Å². The van der Waals surface area contributed by atoms with Gasteiger partial charge in [-0.2, -0.15) is 5.26 Å². The van der Waals surface area contributed by atoms with Crippen molar-refractivity contribution in [2.45, 2.75) is 50.0 Å². The summed E-state index contributed by atoms with van der Waals surface area (Å²) >= 11 is 1.47. The lowest BCUT2D eigenvalue weighted by atomic mass is 9.96. The molecule has 2 aromatic rings. The number of hydrogen-bond acceptors (Lipinski definition) is 6. The quantitative estimate of drug-likeness (QED) is 0.645. The van der Waals surface area contributed by atoms with Crippen LogP contribution >= 0.6 is 11.8 Å². The number of aryl methyl sites for hydroxylation is 2. The fraction of sp³-hybridized carbons (Fsp3) is 0.435. The molecule has 0 atom stereocenters. The zero-order chi connectivity index (χ0) is 21.3. The van der Waals surface area contributed by atoms with Gasteiger partial charge < -0.3 is 14.8 Å². The molecule has 6 nitrogen and oxygen atoms in total. The van der Waals surface area contributed by atoms with Gasteiger partial charge in [0.25, 0.3) is 0 Å². The number of amides is 1. The van der Waals surface area contributed by atoms with E-state index in [9.17, 15) is 10.1 Å². The normalized spacial score (nSPS) is 13.4. The number of benzene rings is 1. The summed E-state index contributed by atoms with van der Waals surface area (Å²) in [6.07, 6.45) is 7.05. The van der Waals surface area contributed by atoms with Gasteiger partial charge in [0.05, 0.1) is 19.8 Å². The van der Waals surface area contributed by atoms with Crippen LogP contribution in [0.25, 0.3) is 0 Å². The number of carbonyl (C=O) groups excluding carboxylic acids is 1. The number of hydrogen-bond donors (Lipinski definition) is 1. The second-order valence-electron chi connectivity index (χ2n) is 7.22. The first-order valence-electron chi connectivity index (χ1n) is 10.2. The molecule has 0 radical (unpaired) electrons. The molecule has 0 bridgehead atoms. The highest BCUT2D eigenvalue weighted by Crippen LogP contribution is 2.28. The summed E-state index contributed by atoms with van der Waals surface area (Å²) in [5.41, 5.74) is 3.56. The summed E-state index contributed by atoms with van der Waals surface area (Å²) in [7, 11) is 3.14. The predicted octanol–water partition coefficient (Wildman–Crippen LogP) is 4.75. The van der Waals surface area contributed by atoms with Crippen molar-refractivity contribution in [3.8, 4) is 17.6 Å². The molecule has 0 saturated heterocycles. The van der Waals surface area contributed by atoms with Crippen LogP contribution in [0.4, 0.5) is 5.69 Å². The van der Waals surface area contributed by atoms with E-state index in [1.54, 1.807) is 32.4 Å². The van der Waals surface area contributed by atoms with Crippen LogP contribution in [0.1, 0.15) is 48.9 Å². The molecule has 1 aliphatic carbocycles. The maximum absolute atomic E-state index is 12.4. The summed E-state index contributed by atoms with van der Waals surface area (Å²) in [4.78, 5) is 17.2. The Morgan fingerprint density at radius 3 is 2.47 bits per heavy atom. The number of ether oxygens (including phenoxy) is 2. The molecule has 0 spiro atoms. The lowest BCUT2D eigenvalue weighted by molar-refractivity contribution is -0.115. The van der Waals surface area contributed by atoms with Crippen LogP contribution in [0, 0.1) is 11.3 Å².